The molecule has 1 aromatic rings. The Morgan fingerprint density at radius 1 is 1.26 bits per heavy atom. The highest BCUT2D eigenvalue weighted by Crippen LogP contribution is 2.25. The predicted molar refractivity (Wildman–Crippen MR) is 74.9 cm³/mol. The highest BCUT2D eigenvalue weighted by Gasteiger charge is 2.30. The van der Waals surface area contributed by atoms with Crippen molar-refractivity contribution in [1.82, 2.24) is 4.90 Å². The fraction of sp³-hybridized carbons (Fsp3) is 0.385. The van der Waals surface area contributed by atoms with Gasteiger partial charge in [-0.15, -0.1) is 0 Å². The minimum atomic E-state index is -1.08. The van der Waals surface area contributed by atoms with E-state index in [2.05, 4.69) is 0 Å². The molecule has 0 aromatic heterocycles. The van der Waals surface area contributed by atoms with Crippen molar-refractivity contribution in [3.63, 3.8) is 0 Å². The summed E-state index contributed by atoms with van der Waals surface area (Å²) in [5, 5.41) is 9.53. The third-order valence-electron chi connectivity index (χ3n) is 2.51. The maximum absolute atomic E-state index is 12.4. The van der Waals surface area contributed by atoms with Crippen LogP contribution in [0.25, 0.3) is 0 Å². The molecular weight excluding hydrogens is 289 g/mol. The number of carboxylic acid groups (broad SMARTS) is 1. The van der Waals surface area contributed by atoms with Crippen LogP contribution in [0.15, 0.2) is 18.2 Å². The lowest BCUT2D eigenvalue weighted by molar-refractivity contribution is -0.138. The van der Waals surface area contributed by atoms with Gasteiger partial charge in [-0.1, -0.05) is 23.2 Å². The smallest absolute Gasteiger partial charge is 0.323 e. The Hall–Kier alpha value is -1.26. The summed E-state index contributed by atoms with van der Waals surface area (Å²) in [7, 11) is 0. The Morgan fingerprint density at radius 2 is 1.84 bits per heavy atom. The normalized spacial score (nSPS) is 11.2. The number of hydrogen-bond acceptors (Lipinski definition) is 2. The van der Waals surface area contributed by atoms with E-state index in [0.29, 0.717) is 5.02 Å². The number of carbonyl (C=O) groups is 2. The maximum atomic E-state index is 12.4. The molecule has 104 valence electrons. The molecule has 0 bridgehead atoms. The topological polar surface area (TPSA) is 57.6 Å². The molecule has 0 saturated carbocycles. The number of nitrogens with zero attached hydrogens (tertiary/aromatic N) is 1. The highest BCUT2D eigenvalue weighted by atomic mass is 35.5. The van der Waals surface area contributed by atoms with E-state index in [-0.39, 0.29) is 10.6 Å². The van der Waals surface area contributed by atoms with E-state index in [1.54, 1.807) is 26.8 Å². The van der Waals surface area contributed by atoms with Crippen molar-refractivity contribution in [2.24, 2.45) is 0 Å². The molecule has 19 heavy (non-hydrogen) atoms. The first kappa shape index (κ1) is 15.8. The molecule has 0 aliphatic rings. The van der Waals surface area contributed by atoms with Crippen LogP contribution in [-0.4, -0.2) is 34.0 Å². The van der Waals surface area contributed by atoms with Gasteiger partial charge in [-0.05, 0) is 39.0 Å². The van der Waals surface area contributed by atoms with Crippen molar-refractivity contribution in [2.75, 3.05) is 6.54 Å². The molecule has 0 aliphatic heterocycles. The maximum Gasteiger partial charge on any atom is 0.323 e. The molecule has 0 spiro atoms. The van der Waals surface area contributed by atoms with Gasteiger partial charge in [0.2, 0.25) is 0 Å². The molecule has 1 N–H and O–H groups in total. The molecule has 0 heterocycles. The third kappa shape index (κ3) is 4.11. The summed E-state index contributed by atoms with van der Waals surface area (Å²) >= 11 is 11.8. The van der Waals surface area contributed by atoms with Crippen molar-refractivity contribution >= 4 is 35.1 Å². The molecule has 1 amide bonds. The molecule has 0 saturated heterocycles. The Kier molecular flexibility index (Phi) is 4.82. The Bertz CT molecular complexity index is 509. The van der Waals surface area contributed by atoms with Gasteiger partial charge in [0.05, 0.1) is 10.6 Å². The van der Waals surface area contributed by atoms with Gasteiger partial charge >= 0.3 is 5.97 Å². The fourth-order valence-corrected chi connectivity index (χ4v) is 1.93. The Balaban J connectivity index is 3.19. The van der Waals surface area contributed by atoms with E-state index < -0.39 is 24.0 Å². The second-order valence-electron chi connectivity index (χ2n) is 5.08. The zero-order chi connectivity index (χ0) is 14.8. The second kappa shape index (κ2) is 5.80. The summed E-state index contributed by atoms with van der Waals surface area (Å²) in [5.74, 6) is -1.54. The average Bonchev–Trinajstić information content (AvgIpc) is 2.26. The quantitative estimate of drug-likeness (QED) is 0.932. The first-order valence-corrected chi connectivity index (χ1v) is 6.37. The van der Waals surface area contributed by atoms with E-state index in [9.17, 15) is 9.59 Å². The zero-order valence-electron chi connectivity index (χ0n) is 10.9. The van der Waals surface area contributed by atoms with Gasteiger partial charge in [0, 0.05) is 10.6 Å². The second-order valence-corrected chi connectivity index (χ2v) is 5.92. The molecule has 0 radical (unpaired) electrons. The number of carbonyl (C=O) groups excluding carboxylic acids is 1. The SMILES string of the molecule is CC(C)(C)N(CC(=O)O)C(=O)c1cc(Cl)ccc1Cl. The molecule has 1 aromatic carbocycles. The predicted octanol–water partition coefficient (Wildman–Crippen LogP) is 3.32. The van der Waals surface area contributed by atoms with Crippen LogP contribution < -0.4 is 0 Å². The fourth-order valence-electron chi connectivity index (χ4n) is 1.56. The van der Waals surface area contributed by atoms with E-state index in [4.69, 9.17) is 28.3 Å². The Labute approximate surface area is 121 Å². The Morgan fingerprint density at radius 3 is 2.32 bits per heavy atom. The third-order valence-corrected chi connectivity index (χ3v) is 3.07. The van der Waals surface area contributed by atoms with Gasteiger partial charge in [-0.3, -0.25) is 9.59 Å². The van der Waals surface area contributed by atoms with E-state index in [1.807, 2.05) is 0 Å². The monoisotopic (exact) mass is 303 g/mol. The van der Waals surface area contributed by atoms with E-state index in [0.717, 1.165) is 0 Å². The molecule has 0 unspecified atom stereocenters. The molecule has 4 nitrogen and oxygen atoms in total. The summed E-state index contributed by atoms with van der Waals surface area (Å²) in [6, 6.07) is 4.52. The zero-order valence-corrected chi connectivity index (χ0v) is 12.4. The lowest BCUT2D eigenvalue weighted by Crippen LogP contribution is -2.48. The van der Waals surface area contributed by atoms with Crippen molar-refractivity contribution in [3.8, 4) is 0 Å². The van der Waals surface area contributed by atoms with Gasteiger partial charge in [-0.2, -0.15) is 0 Å². The van der Waals surface area contributed by atoms with Crippen molar-refractivity contribution in [3.05, 3.63) is 33.8 Å². The van der Waals surface area contributed by atoms with Gasteiger partial charge < -0.3 is 10.0 Å². The summed E-state index contributed by atoms with van der Waals surface area (Å²) < 4.78 is 0. The molecule has 0 fully saturated rings. The van der Waals surface area contributed by atoms with E-state index in [1.165, 1.54) is 17.0 Å². The number of carboxylic acids is 1. The molecule has 0 aliphatic carbocycles. The van der Waals surface area contributed by atoms with Crippen molar-refractivity contribution in [1.29, 1.82) is 0 Å². The number of amides is 1. The summed E-state index contributed by atoms with van der Waals surface area (Å²) in [6.07, 6.45) is 0. The van der Waals surface area contributed by atoms with E-state index >= 15 is 0 Å². The molecule has 1 rings (SSSR count). The van der Waals surface area contributed by atoms with Crippen molar-refractivity contribution < 1.29 is 14.7 Å². The summed E-state index contributed by atoms with van der Waals surface area (Å²) in [6.45, 7) is 4.87. The van der Waals surface area contributed by atoms with Crippen molar-refractivity contribution in [2.45, 2.75) is 26.3 Å². The van der Waals surface area contributed by atoms with Crippen LogP contribution in [0.3, 0.4) is 0 Å². The van der Waals surface area contributed by atoms with Gasteiger partial charge in [0.25, 0.3) is 5.91 Å². The van der Waals surface area contributed by atoms with Crippen LogP contribution in [0, 0.1) is 0 Å². The molecule has 0 atom stereocenters. The van der Waals surface area contributed by atoms with Gasteiger partial charge in [-0.25, -0.2) is 0 Å². The molecular formula is C13H15Cl2NO3. The largest absolute Gasteiger partial charge is 0.480 e. The van der Waals surface area contributed by atoms with Crippen LogP contribution in [0.2, 0.25) is 10.0 Å². The lowest BCUT2D eigenvalue weighted by Gasteiger charge is -2.34. The minimum Gasteiger partial charge on any atom is -0.480 e. The first-order chi connectivity index (χ1) is 8.62. The average molecular weight is 304 g/mol. The number of aliphatic carboxylic acids is 1. The van der Waals surface area contributed by atoms with Gasteiger partial charge in [0.1, 0.15) is 6.54 Å². The number of hydrogen-bond donors (Lipinski definition) is 1. The standard InChI is InChI=1S/C13H15Cl2NO3/c1-13(2,3)16(7-11(17)18)12(19)9-6-8(14)4-5-10(9)15/h4-6H,7H2,1-3H3,(H,17,18). The van der Waals surface area contributed by atoms with Crippen LogP contribution in [0.1, 0.15) is 31.1 Å². The van der Waals surface area contributed by atoms with Crippen LogP contribution in [0.4, 0.5) is 0 Å². The minimum absolute atomic E-state index is 0.199. The highest BCUT2D eigenvalue weighted by molar-refractivity contribution is 6.35. The summed E-state index contributed by atoms with van der Waals surface area (Å²) in [5.41, 5.74) is -0.438. The van der Waals surface area contributed by atoms with Crippen LogP contribution >= 0.6 is 23.2 Å². The lowest BCUT2D eigenvalue weighted by atomic mass is 10.0. The first-order valence-electron chi connectivity index (χ1n) is 5.61. The van der Waals surface area contributed by atoms with Gasteiger partial charge in [0.15, 0.2) is 0 Å². The number of benzene rings is 1. The van der Waals surface area contributed by atoms with Crippen LogP contribution in [0.5, 0.6) is 0 Å². The van der Waals surface area contributed by atoms with Crippen LogP contribution in [-0.2, 0) is 4.79 Å². The molecule has 6 heteroatoms. The number of halogens is 2. The summed E-state index contributed by atoms with van der Waals surface area (Å²) in [4.78, 5) is 24.6. The number of rotatable bonds is 3.